The minimum absolute atomic E-state index is 0.0144. The van der Waals surface area contributed by atoms with Crippen molar-refractivity contribution in [2.24, 2.45) is 16.4 Å². The first-order valence-electron chi connectivity index (χ1n) is 5.96. The quantitative estimate of drug-likeness (QED) is 0.187. The molecule has 3 unspecified atom stereocenters. The summed E-state index contributed by atoms with van der Waals surface area (Å²) in [5, 5.41) is 3.49. The SMILES string of the molecule is CC(C)(C)C([C@H]1CN1P)[C@@H](CN=[N+]=[N-])OS(C)(=O)=O. The van der Waals surface area contributed by atoms with Gasteiger partial charge in [0.15, 0.2) is 0 Å². The van der Waals surface area contributed by atoms with Crippen LogP contribution in [0.3, 0.4) is 0 Å². The Morgan fingerprint density at radius 2 is 2.11 bits per heavy atom. The lowest BCUT2D eigenvalue weighted by atomic mass is 9.75. The molecule has 0 N–H and O–H groups in total. The second-order valence-electron chi connectivity index (χ2n) is 5.91. The fraction of sp³-hybridized carbons (Fsp3) is 1.00. The molecule has 110 valence electrons. The van der Waals surface area contributed by atoms with Crippen molar-refractivity contribution in [1.29, 1.82) is 0 Å². The average Bonchev–Trinajstić information content (AvgIpc) is 2.87. The maximum Gasteiger partial charge on any atom is 0.264 e. The largest absolute Gasteiger partial charge is 0.281 e. The van der Waals surface area contributed by atoms with Crippen molar-refractivity contribution in [2.45, 2.75) is 32.9 Å². The van der Waals surface area contributed by atoms with E-state index in [0.29, 0.717) is 0 Å². The lowest BCUT2D eigenvalue weighted by Crippen LogP contribution is -2.41. The van der Waals surface area contributed by atoms with Crippen molar-refractivity contribution in [3.63, 3.8) is 0 Å². The molecule has 0 bridgehead atoms. The molecule has 9 heteroatoms. The highest BCUT2D eigenvalue weighted by Crippen LogP contribution is 2.43. The predicted octanol–water partition coefficient (Wildman–Crippen LogP) is 1.78. The first-order chi connectivity index (χ1) is 8.56. The Balaban J connectivity index is 2.99. The van der Waals surface area contributed by atoms with Gasteiger partial charge in [-0.2, -0.15) is 8.42 Å². The van der Waals surface area contributed by atoms with Gasteiger partial charge in [0.25, 0.3) is 10.1 Å². The summed E-state index contributed by atoms with van der Waals surface area (Å²) in [6.07, 6.45) is 0.378. The molecular weight excluding hydrogens is 287 g/mol. The van der Waals surface area contributed by atoms with Gasteiger partial charge in [-0.3, -0.25) is 8.85 Å². The molecule has 0 saturated carbocycles. The van der Waals surface area contributed by atoms with Gasteiger partial charge in [-0.1, -0.05) is 35.3 Å². The zero-order valence-electron chi connectivity index (χ0n) is 11.6. The van der Waals surface area contributed by atoms with E-state index in [1.165, 1.54) is 0 Å². The number of hydrogen-bond acceptors (Lipinski definition) is 5. The van der Waals surface area contributed by atoms with Gasteiger partial charge in [0, 0.05) is 23.4 Å². The van der Waals surface area contributed by atoms with Gasteiger partial charge in [-0.25, -0.2) is 0 Å². The molecule has 1 rings (SSSR count). The molecule has 0 amide bonds. The average molecular weight is 308 g/mol. The lowest BCUT2D eigenvalue weighted by Gasteiger charge is -2.35. The molecule has 0 aliphatic carbocycles. The number of nitrogens with zero attached hydrogens (tertiary/aromatic N) is 4. The highest BCUT2D eigenvalue weighted by atomic mass is 32.2. The zero-order chi connectivity index (χ0) is 14.8. The van der Waals surface area contributed by atoms with E-state index in [-0.39, 0.29) is 23.9 Å². The Bertz CT molecular complexity index is 470. The third-order valence-electron chi connectivity index (χ3n) is 3.13. The van der Waals surface area contributed by atoms with Crippen molar-refractivity contribution in [1.82, 2.24) is 4.67 Å². The van der Waals surface area contributed by atoms with E-state index in [9.17, 15) is 8.42 Å². The van der Waals surface area contributed by atoms with Crippen molar-refractivity contribution < 1.29 is 12.6 Å². The monoisotopic (exact) mass is 308 g/mol. The molecule has 0 aromatic carbocycles. The number of hydrogen-bond donors (Lipinski definition) is 0. The first kappa shape index (κ1) is 16.7. The molecule has 19 heavy (non-hydrogen) atoms. The minimum atomic E-state index is -3.59. The third kappa shape index (κ3) is 5.24. The van der Waals surface area contributed by atoms with Gasteiger partial charge >= 0.3 is 0 Å². The molecule has 1 aliphatic heterocycles. The van der Waals surface area contributed by atoms with E-state index in [2.05, 4.69) is 19.4 Å². The van der Waals surface area contributed by atoms with E-state index < -0.39 is 16.2 Å². The Labute approximate surface area is 116 Å². The Kier molecular flexibility index (Phi) is 5.21. The first-order valence-corrected chi connectivity index (χ1v) is 8.30. The second-order valence-corrected chi connectivity index (χ2v) is 8.17. The molecule has 7 nitrogen and oxygen atoms in total. The molecule has 0 aromatic rings. The van der Waals surface area contributed by atoms with E-state index in [1.807, 2.05) is 25.4 Å². The molecule has 0 spiro atoms. The van der Waals surface area contributed by atoms with Crippen LogP contribution in [0.5, 0.6) is 0 Å². The number of azide groups is 1. The summed E-state index contributed by atoms with van der Waals surface area (Å²) >= 11 is 0. The van der Waals surface area contributed by atoms with E-state index in [1.54, 1.807) is 0 Å². The standard InChI is InChI=1S/C10H21N4O3PS/c1-10(2,3)9(7-6-14(7)18)8(5-12-13-11)17-19(4,15)16/h7-9H,5-6,18H2,1-4H3/t7-,8-,9?,14?/m1/s1. The highest BCUT2D eigenvalue weighted by Gasteiger charge is 2.48. The van der Waals surface area contributed by atoms with Crippen LogP contribution < -0.4 is 0 Å². The van der Waals surface area contributed by atoms with Gasteiger partial charge < -0.3 is 0 Å². The topological polar surface area (TPSA) is 95.1 Å². The summed E-state index contributed by atoms with van der Waals surface area (Å²) in [6, 6.07) is 0.227. The summed E-state index contributed by atoms with van der Waals surface area (Å²) in [4.78, 5) is 2.70. The van der Waals surface area contributed by atoms with Crippen LogP contribution >= 0.6 is 9.39 Å². The highest BCUT2D eigenvalue weighted by molar-refractivity contribution is 7.86. The van der Waals surface area contributed by atoms with Crippen LogP contribution in [0.4, 0.5) is 0 Å². The lowest BCUT2D eigenvalue weighted by molar-refractivity contribution is 0.0686. The van der Waals surface area contributed by atoms with Crippen LogP contribution in [0, 0.1) is 11.3 Å². The second kappa shape index (κ2) is 5.94. The maximum atomic E-state index is 11.4. The Morgan fingerprint density at radius 3 is 2.42 bits per heavy atom. The van der Waals surface area contributed by atoms with Crippen LogP contribution in [0.25, 0.3) is 10.4 Å². The van der Waals surface area contributed by atoms with Crippen LogP contribution in [0.2, 0.25) is 0 Å². The van der Waals surface area contributed by atoms with E-state index in [0.717, 1.165) is 12.8 Å². The fourth-order valence-electron chi connectivity index (χ4n) is 2.42. The van der Waals surface area contributed by atoms with Crippen molar-refractivity contribution in [3.8, 4) is 0 Å². The van der Waals surface area contributed by atoms with Gasteiger partial charge in [0.1, 0.15) is 0 Å². The van der Waals surface area contributed by atoms with Crippen molar-refractivity contribution in [2.75, 3.05) is 19.3 Å². The molecule has 1 fully saturated rings. The van der Waals surface area contributed by atoms with Crippen LogP contribution in [-0.2, 0) is 14.3 Å². The smallest absolute Gasteiger partial charge is 0.264 e. The van der Waals surface area contributed by atoms with Crippen LogP contribution in [-0.4, -0.2) is 44.6 Å². The zero-order valence-corrected chi connectivity index (χ0v) is 13.6. The Morgan fingerprint density at radius 1 is 1.58 bits per heavy atom. The van der Waals surface area contributed by atoms with E-state index >= 15 is 0 Å². The van der Waals surface area contributed by atoms with Crippen LogP contribution in [0.1, 0.15) is 20.8 Å². The Hall–Kier alpha value is -0.390. The summed E-state index contributed by atoms with van der Waals surface area (Å²) < 4.78 is 30.0. The molecule has 1 aliphatic rings. The molecule has 1 heterocycles. The molecular formula is C10H21N4O3PS. The number of rotatable bonds is 6. The van der Waals surface area contributed by atoms with Crippen molar-refractivity contribution >= 4 is 19.5 Å². The fourth-order valence-corrected chi connectivity index (χ4v) is 3.45. The van der Waals surface area contributed by atoms with Gasteiger partial charge in [-0.05, 0) is 10.9 Å². The van der Waals surface area contributed by atoms with Gasteiger partial charge in [-0.15, -0.1) is 0 Å². The maximum absolute atomic E-state index is 11.4. The summed E-state index contributed by atoms with van der Waals surface area (Å²) in [5.74, 6) is -0.0368. The summed E-state index contributed by atoms with van der Waals surface area (Å²) in [7, 11) is -0.987. The molecule has 0 radical (unpaired) electrons. The summed E-state index contributed by atoms with van der Waals surface area (Å²) in [6.45, 7) is 6.97. The van der Waals surface area contributed by atoms with E-state index in [4.69, 9.17) is 9.71 Å². The van der Waals surface area contributed by atoms with Gasteiger partial charge in [0.2, 0.25) is 0 Å². The van der Waals surface area contributed by atoms with Gasteiger partial charge in [0.05, 0.1) is 18.9 Å². The predicted molar refractivity (Wildman–Crippen MR) is 76.9 cm³/mol. The minimum Gasteiger partial charge on any atom is -0.281 e. The summed E-state index contributed by atoms with van der Waals surface area (Å²) in [5.41, 5.74) is 8.29. The normalized spacial score (nSPS) is 26.4. The van der Waals surface area contributed by atoms with Crippen molar-refractivity contribution in [3.05, 3.63) is 10.4 Å². The molecule has 5 atom stereocenters. The van der Waals surface area contributed by atoms with Crippen LogP contribution in [0.15, 0.2) is 5.11 Å². The molecule has 0 aromatic heterocycles. The molecule has 1 saturated heterocycles. The third-order valence-corrected chi connectivity index (χ3v) is 4.32.